The maximum Gasteiger partial charge on any atom is 0.509 e. The fraction of sp³-hybridized carbons (Fsp3) is 0.667. The first-order valence-corrected chi connectivity index (χ1v) is 4.18. The van der Waals surface area contributed by atoms with Gasteiger partial charge in [-0.1, -0.05) is 6.08 Å². The third-order valence-electron chi connectivity index (χ3n) is 2.22. The van der Waals surface area contributed by atoms with Crippen LogP contribution in [0.15, 0.2) is 12.7 Å². The molecule has 1 saturated heterocycles. The van der Waals surface area contributed by atoms with Crippen molar-refractivity contribution in [2.24, 2.45) is 0 Å². The molecule has 74 valence electrons. The summed E-state index contributed by atoms with van der Waals surface area (Å²) in [7, 11) is 0. The van der Waals surface area contributed by atoms with Gasteiger partial charge in [-0.3, -0.25) is 0 Å². The maximum absolute atomic E-state index is 10.9. The number of aliphatic hydroxyl groups excluding tert-OH is 1. The summed E-state index contributed by atoms with van der Waals surface area (Å²) in [6.07, 6.45) is -0.0705. The van der Waals surface area contributed by atoms with E-state index < -0.39 is 24.0 Å². The molecule has 13 heavy (non-hydrogen) atoms. The zero-order valence-electron chi connectivity index (χ0n) is 7.82. The molecule has 1 aliphatic heterocycles. The summed E-state index contributed by atoms with van der Waals surface area (Å²) < 4.78 is 9.61. The molecule has 1 heterocycles. The number of carbonyl (C=O) groups excluding carboxylic acids is 1. The van der Waals surface area contributed by atoms with Gasteiger partial charge >= 0.3 is 6.16 Å². The Bertz CT molecular complexity index is 226. The van der Waals surface area contributed by atoms with Gasteiger partial charge in [0, 0.05) is 6.42 Å². The van der Waals surface area contributed by atoms with Gasteiger partial charge in [-0.25, -0.2) is 4.79 Å². The molecule has 1 N–H and O–H groups in total. The second-order valence-electron chi connectivity index (χ2n) is 3.43. The van der Waals surface area contributed by atoms with E-state index in [1.165, 1.54) is 0 Å². The van der Waals surface area contributed by atoms with Gasteiger partial charge in [0.05, 0.1) is 0 Å². The van der Waals surface area contributed by atoms with E-state index in [-0.39, 0.29) is 0 Å². The average Bonchev–Trinajstić information content (AvgIpc) is 2.00. The van der Waals surface area contributed by atoms with E-state index in [2.05, 4.69) is 6.58 Å². The van der Waals surface area contributed by atoms with Gasteiger partial charge in [0.15, 0.2) is 0 Å². The lowest BCUT2D eigenvalue weighted by Crippen LogP contribution is -2.54. The first-order chi connectivity index (χ1) is 5.99. The lowest BCUT2D eigenvalue weighted by molar-refractivity contribution is -0.177. The summed E-state index contributed by atoms with van der Waals surface area (Å²) in [4.78, 5) is 10.9. The second kappa shape index (κ2) is 3.38. The average molecular weight is 186 g/mol. The van der Waals surface area contributed by atoms with Crippen molar-refractivity contribution >= 4 is 6.16 Å². The molecule has 4 nitrogen and oxygen atoms in total. The lowest BCUT2D eigenvalue weighted by Gasteiger charge is -2.39. The molecule has 0 amide bonds. The maximum atomic E-state index is 10.9. The van der Waals surface area contributed by atoms with E-state index in [4.69, 9.17) is 9.47 Å². The largest absolute Gasteiger partial charge is 0.509 e. The number of hydrogen-bond acceptors (Lipinski definition) is 4. The molecule has 1 rings (SSSR count). The Morgan fingerprint density at radius 2 is 2.38 bits per heavy atom. The van der Waals surface area contributed by atoms with Crippen LogP contribution >= 0.6 is 0 Å². The summed E-state index contributed by atoms with van der Waals surface area (Å²) in [5.74, 6) is 0. The summed E-state index contributed by atoms with van der Waals surface area (Å²) in [5, 5.41) is 9.70. The molecule has 0 spiro atoms. The summed E-state index contributed by atoms with van der Waals surface area (Å²) in [6, 6.07) is 0. The van der Waals surface area contributed by atoms with Crippen molar-refractivity contribution in [1.82, 2.24) is 0 Å². The van der Waals surface area contributed by atoms with Crippen molar-refractivity contribution in [3.05, 3.63) is 12.7 Å². The quantitative estimate of drug-likeness (QED) is 0.520. The first kappa shape index (κ1) is 10.1. The molecule has 0 saturated carbocycles. The van der Waals surface area contributed by atoms with Gasteiger partial charge in [-0.2, -0.15) is 0 Å². The van der Waals surface area contributed by atoms with Crippen molar-refractivity contribution < 1.29 is 19.4 Å². The lowest BCUT2D eigenvalue weighted by atomic mass is 9.91. The highest BCUT2D eigenvalue weighted by atomic mass is 16.8. The Kier molecular flexibility index (Phi) is 2.61. The number of cyclic esters (lactones) is 2. The molecule has 0 aliphatic carbocycles. The highest BCUT2D eigenvalue weighted by Gasteiger charge is 2.45. The monoisotopic (exact) mass is 186 g/mol. The molecule has 4 heteroatoms. The molecule has 1 aliphatic rings. The van der Waals surface area contributed by atoms with E-state index in [9.17, 15) is 9.90 Å². The SMILES string of the molecule is C=CC[C@]1(C)OC(=O)O[C@@H](C)[C@H]1O. The zero-order valence-corrected chi connectivity index (χ0v) is 7.82. The number of hydrogen-bond donors (Lipinski definition) is 1. The van der Waals surface area contributed by atoms with Crippen LogP contribution in [0.5, 0.6) is 0 Å². The first-order valence-electron chi connectivity index (χ1n) is 4.18. The van der Waals surface area contributed by atoms with Crippen LogP contribution in [0.2, 0.25) is 0 Å². The second-order valence-corrected chi connectivity index (χ2v) is 3.43. The fourth-order valence-electron chi connectivity index (χ4n) is 1.44. The highest BCUT2D eigenvalue weighted by molar-refractivity contribution is 5.62. The topological polar surface area (TPSA) is 55.8 Å². The third kappa shape index (κ3) is 1.83. The highest BCUT2D eigenvalue weighted by Crippen LogP contribution is 2.29. The van der Waals surface area contributed by atoms with Crippen molar-refractivity contribution in [3.8, 4) is 0 Å². The van der Waals surface area contributed by atoms with Gasteiger partial charge in [0.1, 0.15) is 17.8 Å². The molecule has 0 aromatic carbocycles. The van der Waals surface area contributed by atoms with Crippen molar-refractivity contribution in [1.29, 1.82) is 0 Å². The van der Waals surface area contributed by atoms with Gasteiger partial charge in [0.2, 0.25) is 0 Å². The van der Waals surface area contributed by atoms with E-state index in [1.807, 2.05) is 0 Å². The van der Waals surface area contributed by atoms with Crippen molar-refractivity contribution in [2.45, 2.75) is 38.1 Å². The van der Waals surface area contributed by atoms with Crippen molar-refractivity contribution in [3.63, 3.8) is 0 Å². The number of aliphatic hydroxyl groups is 1. The molecule has 3 atom stereocenters. The number of rotatable bonds is 2. The van der Waals surface area contributed by atoms with Crippen LogP contribution < -0.4 is 0 Å². The molecular formula is C9H14O4. The van der Waals surface area contributed by atoms with E-state index in [0.717, 1.165) is 0 Å². The van der Waals surface area contributed by atoms with Crippen LogP contribution in [0.4, 0.5) is 4.79 Å². The molecule has 0 aromatic heterocycles. The summed E-state index contributed by atoms with van der Waals surface area (Å²) in [6.45, 7) is 6.84. The molecule has 0 radical (unpaired) electrons. The van der Waals surface area contributed by atoms with Crippen LogP contribution in [-0.2, 0) is 9.47 Å². The van der Waals surface area contributed by atoms with Gasteiger partial charge in [-0.05, 0) is 13.8 Å². The summed E-state index contributed by atoms with van der Waals surface area (Å²) >= 11 is 0. The van der Waals surface area contributed by atoms with E-state index in [1.54, 1.807) is 19.9 Å². The van der Waals surface area contributed by atoms with Crippen molar-refractivity contribution in [2.75, 3.05) is 0 Å². The van der Waals surface area contributed by atoms with Crippen LogP contribution in [-0.4, -0.2) is 29.1 Å². The smallest absolute Gasteiger partial charge is 0.428 e. The molecular weight excluding hydrogens is 172 g/mol. The molecule has 1 fully saturated rings. The molecule has 0 aromatic rings. The van der Waals surface area contributed by atoms with Crippen LogP contribution in [0.1, 0.15) is 20.3 Å². The third-order valence-corrected chi connectivity index (χ3v) is 2.22. The van der Waals surface area contributed by atoms with Gasteiger partial charge in [0.25, 0.3) is 0 Å². The fourth-order valence-corrected chi connectivity index (χ4v) is 1.44. The Hall–Kier alpha value is -1.03. The van der Waals surface area contributed by atoms with E-state index >= 15 is 0 Å². The minimum atomic E-state index is -0.906. The molecule has 0 unspecified atom stereocenters. The Morgan fingerprint density at radius 3 is 2.92 bits per heavy atom. The number of ether oxygens (including phenoxy) is 2. The normalized spacial score (nSPS) is 39.2. The van der Waals surface area contributed by atoms with Gasteiger partial charge < -0.3 is 14.6 Å². The van der Waals surface area contributed by atoms with E-state index in [0.29, 0.717) is 6.42 Å². The van der Waals surface area contributed by atoms with Crippen LogP contribution in [0, 0.1) is 0 Å². The standard InChI is InChI=1S/C9H14O4/c1-4-5-9(3)7(10)6(2)12-8(11)13-9/h4,6-7,10H,1,5H2,2-3H3/t6-,7+,9-/m0/s1. The number of carbonyl (C=O) groups is 1. The molecule has 0 bridgehead atoms. The predicted molar refractivity (Wildman–Crippen MR) is 46.3 cm³/mol. The Morgan fingerprint density at radius 1 is 1.77 bits per heavy atom. The van der Waals surface area contributed by atoms with Gasteiger partial charge in [-0.15, -0.1) is 6.58 Å². The zero-order chi connectivity index (χ0) is 10.1. The summed E-state index contributed by atoms with van der Waals surface area (Å²) in [5.41, 5.74) is -0.906. The Balaban J connectivity index is 2.81. The Labute approximate surface area is 77.1 Å². The minimum Gasteiger partial charge on any atom is -0.428 e. The predicted octanol–water partition coefficient (Wildman–Crippen LogP) is 1.24. The van der Waals surface area contributed by atoms with Crippen LogP contribution in [0.3, 0.4) is 0 Å². The minimum absolute atomic E-state index is 0.410. The van der Waals surface area contributed by atoms with Crippen LogP contribution in [0.25, 0.3) is 0 Å².